The third kappa shape index (κ3) is 11.0. The van der Waals surface area contributed by atoms with E-state index in [1.165, 1.54) is 12.8 Å². The van der Waals surface area contributed by atoms with Crippen molar-refractivity contribution in [1.82, 2.24) is 49.4 Å². The fourth-order valence-corrected chi connectivity index (χ4v) is 12.9. The van der Waals surface area contributed by atoms with Gasteiger partial charge in [0.1, 0.15) is 36.3 Å². The van der Waals surface area contributed by atoms with E-state index < -0.39 is 19.2 Å². The van der Waals surface area contributed by atoms with Gasteiger partial charge in [-0.25, -0.2) is 14.8 Å². The molecule has 0 aliphatic carbocycles. The number of aromatic nitrogens is 8. The molecule has 2 aromatic carbocycles. The predicted octanol–water partition coefficient (Wildman–Crippen LogP) is 6.90. The van der Waals surface area contributed by atoms with Gasteiger partial charge in [-0.2, -0.15) is 19.2 Å². The van der Waals surface area contributed by atoms with Gasteiger partial charge >= 0.3 is 5.97 Å². The van der Waals surface area contributed by atoms with Crippen molar-refractivity contribution in [3.8, 4) is 56.3 Å². The number of carbonyl (C=O) groups excluding carboxylic acids is 1. The Labute approximate surface area is 470 Å². The normalized spacial score (nSPS) is 20.1. The molecule has 4 atom stereocenters. The molecule has 4 bridgehead atoms. The zero-order valence-electron chi connectivity index (χ0n) is 43.3. The smallest absolute Gasteiger partial charge is 0.329 e. The van der Waals surface area contributed by atoms with Gasteiger partial charge in [0, 0.05) is 92.9 Å². The summed E-state index contributed by atoms with van der Waals surface area (Å²) in [5.41, 5.74) is 24.6. The maximum Gasteiger partial charge on any atom is 0.329 e. The number of anilines is 2. The number of halogens is 2. The van der Waals surface area contributed by atoms with E-state index in [2.05, 4.69) is 57.3 Å². The van der Waals surface area contributed by atoms with Crippen molar-refractivity contribution in [2.75, 3.05) is 38.9 Å². The average molecular weight is 1200 g/mol. The molecule has 0 saturated carbocycles. The van der Waals surface area contributed by atoms with Crippen molar-refractivity contribution in [3.05, 3.63) is 117 Å². The lowest BCUT2D eigenvalue weighted by Gasteiger charge is -2.38. The zero-order chi connectivity index (χ0) is 55.6. The van der Waals surface area contributed by atoms with Crippen LogP contribution in [0.5, 0.6) is 11.5 Å². The van der Waals surface area contributed by atoms with Gasteiger partial charge in [-0.05, 0) is 132 Å². The number of methoxy groups -OCH3 is 2. The monoisotopic (exact) mass is 1200 g/mol. The summed E-state index contributed by atoms with van der Waals surface area (Å²) in [5.74, 6) is 1.45. The van der Waals surface area contributed by atoms with E-state index in [-0.39, 0.29) is 37.1 Å². The summed E-state index contributed by atoms with van der Waals surface area (Å²) in [6.07, 6.45) is 15.2. The molecular weight excluding hydrogens is 1140 g/mol. The van der Waals surface area contributed by atoms with Crippen LogP contribution in [0.15, 0.2) is 94.4 Å². The SMILES string of the molecule is COc1ccc(-c2ccc(-c3cnn4c(N)c(Br)c(C5CC6CCC(C5)N6)nc34)cn2)cc1CO.COc1ccc(-c2ccc(-c3cnn4c(N)c(Br)c(C5CC6CCC(C5)N6C(=O)CO)nc34)cn2)cc1CO.O=C(O)CO. The number of nitrogens with one attached hydrogen (secondary N) is 1. The predicted molar refractivity (Wildman–Crippen MR) is 302 cm³/mol. The van der Waals surface area contributed by atoms with Gasteiger partial charge in [-0.1, -0.05) is 12.1 Å². The second-order valence-corrected chi connectivity index (χ2v) is 21.7. The van der Waals surface area contributed by atoms with Crippen LogP contribution in [0.1, 0.15) is 85.7 Å². The van der Waals surface area contributed by atoms with Crippen molar-refractivity contribution in [1.29, 1.82) is 0 Å². The second kappa shape index (κ2) is 23.7. The Morgan fingerprint density at radius 1 is 0.620 bits per heavy atom. The first-order valence-corrected chi connectivity index (χ1v) is 27.5. The van der Waals surface area contributed by atoms with E-state index in [0.717, 1.165) is 115 Å². The number of nitrogen functional groups attached to an aromatic ring is 2. The number of rotatable bonds is 12. The highest BCUT2D eigenvalue weighted by Crippen LogP contribution is 2.46. The zero-order valence-corrected chi connectivity index (χ0v) is 46.5. The summed E-state index contributed by atoms with van der Waals surface area (Å²) < 4.78 is 15.5. The van der Waals surface area contributed by atoms with Gasteiger partial charge in [0.05, 0.1) is 71.5 Å². The van der Waals surface area contributed by atoms with Crippen LogP contribution >= 0.6 is 31.9 Å². The van der Waals surface area contributed by atoms with Crippen molar-refractivity contribution in [2.45, 2.75) is 101 Å². The Morgan fingerprint density at radius 2 is 1.05 bits per heavy atom. The van der Waals surface area contributed by atoms with Crippen molar-refractivity contribution < 1.29 is 44.6 Å². The summed E-state index contributed by atoms with van der Waals surface area (Å²) in [6, 6.07) is 20.5. The molecule has 1 amide bonds. The van der Waals surface area contributed by atoms with Gasteiger partial charge in [0.15, 0.2) is 11.3 Å². The second-order valence-electron chi connectivity index (χ2n) is 20.1. The fraction of sp³-hybridized carbons (Fsp3) is 0.357. The molecule has 12 rings (SSSR count). The van der Waals surface area contributed by atoms with Gasteiger partial charge in [-0.15, -0.1) is 0 Å². The number of nitrogens with two attached hydrogens (primary N) is 2. The molecule has 23 heteroatoms. The number of ether oxygens (including phenoxy) is 2. The maximum absolute atomic E-state index is 12.3. The standard InChI is InChI=1S/C28H29BrN6O4.C26H27BrN6O2.C2H4O3/c1-39-23-7-3-15(8-18(23)13-36)22-6-2-16(11-31-22)21-12-32-35-27(30)25(29)26(33-28(21)35)17-9-19-4-5-20(10-17)34(19)24(38)14-37;1-35-22-7-3-14(8-17(22)13-34)21-6-2-15(11-29-21)20-12-30-33-25(28)23(27)24(32-26(20)33)16-9-18-4-5-19(10-16)31-18;3-1-2(4)5/h2-3,6-8,11-12,17,19-20,36-37H,4-5,9-10,13-14,30H2,1H3;2-3,6-8,11-12,16,18-19,31,34H,4-5,9-10,13,28H2,1H3;3H,1H2,(H,4,5). The molecule has 10 heterocycles. The minimum Gasteiger partial charge on any atom is -0.496 e. The van der Waals surface area contributed by atoms with E-state index in [9.17, 15) is 20.1 Å². The minimum atomic E-state index is -1.19. The highest BCUT2D eigenvalue weighted by molar-refractivity contribution is 9.11. The summed E-state index contributed by atoms with van der Waals surface area (Å²) in [6.45, 7) is -1.45. The Balaban J connectivity index is 0.000000165. The summed E-state index contributed by atoms with van der Waals surface area (Å²) in [7, 11) is 3.17. The van der Waals surface area contributed by atoms with Crippen LogP contribution in [0.25, 0.3) is 56.1 Å². The summed E-state index contributed by atoms with van der Waals surface area (Å²) >= 11 is 7.38. The van der Waals surface area contributed by atoms with E-state index in [1.807, 2.05) is 71.8 Å². The first kappa shape index (κ1) is 55.2. The molecule has 21 nitrogen and oxygen atoms in total. The van der Waals surface area contributed by atoms with Crippen LogP contribution < -0.4 is 26.3 Å². The van der Waals surface area contributed by atoms with Crippen LogP contribution in [-0.2, 0) is 22.8 Å². The Kier molecular flexibility index (Phi) is 16.6. The molecule has 79 heavy (non-hydrogen) atoms. The lowest BCUT2D eigenvalue weighted by Crippen LogP contribution is -2.47. The Bertz CT molecular complexity index is 3520. The number of hydrogen-bond donors (Lipinski definition) is 8. The van der Waals surface area contributed by atoms with E-state index in [0.29, 0.717) is 52.3 Å². The number of carbonyl (C=O) groups is 2. The van der Waals surface area contributed by atoms with Gasteiger partial charge in [0.25, 0.3) is 0 Å². The number of carboxylic acid groups (broad SMARTS) is 1. The van der Waals surface area contributed by atoms with E-state index in [4.69, 9.17) is 45.9 Å². The third-order valence-electron chi connectivity index (χ3n) is 15.5. The number of aliphatic carboxylic acids is 1. The highest BCUT2D eigenvalue weighted by atomic mass is 79.9. The number of hydrogen-bond acceptors (Lipinski definition) is 17. The Morgan fingerprint density at radius 3 is 1.43 bits per heavy atom. The van der Waals surface area contributed by atoms with Crippen LogP contribution in [0.3, 0.4) is 0 Å². The molecule has 412 valence electrons. The number of pyridine rings is 2. The summed E-state index contributed by atoms with van der Waals surface area (Å²) in [4.78, 5) is 42.8. The number of aliphatic hydroxyl groups is 4. The van der Waals surface area contributed by atoms with Gasteiger partial charge in [-0.3, -0.25) is 14.8 Å². The molecule has 4 unspecified atom stereocenters. The van der Waals surface area contributed by atoms with E-state index in [1.54, 1.807) is 41.8 Å². The maximum atomic E-state index is 12.3. The number of carboxylic acids is 1. The highest BCUT2D eigenvalue weighted by Gasteiger charge is 2.44. The number of amides is 1. The molecule has 8 aromatic rings. The molecular formula is C56H60Br2N12O9. The third-order valence-corrected chi connectivity index (χ3v) is 17.1. The number of fused-ring (bicyclic) bond motifs is 6. The first-order chi connectivity index (χ1) is 38.2. The molecule has 4 fully saturated rings. The molecule has 6 aromatic heterocycles. The molecule has 10 N–H and O–H groups in total. The van der Waals surface area contributed by atoms with Crippen molar-refractivity contribution >= 4 is 66.7 Å². The lowest BCUT2D eigenvalue weighted by atomic mass is 9.87. The van der Waals surface area contributed by atoms with Crippen molar-refractivity contribution in [2.24, 2.45) is 0 Å². The molecule has 4 saturated heterocycles. The van der Waals surface area contributed by atoms with Gasteiger partial charge < -0.3 is 56.7 Å². The largest absolute Gasteiger partial charge is 0.496 e. The topological polar surface area (TPSA) is 307 Å². The Hall–Kier alpha value is -7.12. The fourth-order valence-electron chi connectivity index (χ4n) is 11.7. The quantitative estimate of drug-likeness (QED) is 0.0617. The summed E-state index contributed by atoms with van der Waals surface area (Å²) in [5, 5.41) is 56.5. The minimum absolute atomic E-state index is 0.0962. The molecule has 4 aliphatic rings. The molecule has 0 radical (unpaired) electrons. The molecule has 0 spiro atoms. The van der Waals surface area contributed by atoms with Crippen LogP contribution in [0.4, 0.5) is 11.6 Å². The van der Waals surface area contributed by atoms with Gasteiger partial charge in [0.2, 0.25) is 5.91 Å². The van der Waals surface area contributed by atoms with Crippen LogP contribution in [0.2, 0.25) is 0 Å². The number of benzene rings is 2. The number of aliphatic hydroxyl groups excluding tert-OH is 4. The van der Waals surface area contributed by atoms with E-state index >= 15 is 0 Å². The van der Waals surface area contributed by atoms with Crippen molar-refractivity contribution in [3.63, 3.8) is 0 Å². The average Bonchev–Trinajstić information content (AvgIpc) is 4.49. The number of nitrogens with zero attached hydrogens (tertiary/aromatic N) is 9. The first-order valence-electron chi connectivity index (χ1n) is 25.9. The number of piperidine rings is 2. The molecule has 4 aliphatic heterocycles. The van der Waals surface area contributed by atoms with Crippen LogP contribution in [-0.4, -0.2) is 133 Å². The van der Waals surface area contributed by atoms with Crippen LogP contribution in [0, 0.1) is 0 Å². The lowest BCUT2D eigenvalue weighted by molar-refractivity contribution is -0.140.